The lowest BCUT2D eigenvalue weighted by Crippen LogP contribution is -2.36. The quantitative estimate of drug-likeness (QED) is 0.851. The Morgan fingerprint density at radius 2 is 2.21 bits per heavy atom. The number of aromatic amines is 1. The van der Waals surface area contributed by atoms with Crippen LogP contribution in [0.1, 0.15) is 12.7 Å². The molecule has 1 unspecified atom stereocenters. The van der Waals surface area contributed by atoms with Gasteiger partial charge in [0.2, 0.25) is 15.5 Å². The van der Waals surface area contributed by atoms with E-state index in [9.17, 15) is 13.2 Å². The molecule has 0 radical (unpaired) electrons. The first-order valence-electron chi connectivity index (χ1n) is 5.71. The average molecular weight is 282 g/mol. The molecule has 0 aromatic carbocycles. The molecule has 102 valence electrons. The maximum atomic E-state index is 12.0. The van der Waals surface area contributed by atoms with E-state index in [-0.39, 0.29) is 10.9 Å². The Kier molecular flexibility index (Phi) is 3.87. The van der Waals surface area contributed by atoms with Crippen molar-refractivity contribution in [2.24, 2.45) is 0 Å². The van der Waals surface area contributed by atoms with Gasteiger partial charge in [-0.3, -0.25) is 4.79 Å². The summed E-state index contributed by atoms with van der Waals surface area (Å²) in [6.07, 6.45) is 4.49. The molecule has 0 saturated heterocycles. The van der Waals surface area contributed by atoms with Crippen molar-refractivity contribution in [3.05, 3.63) is 52.8 Å². The van der Waals surface area contributed by atoms with Gasteiger partial charge in [-0.25, -0.2) is 13.1 Å². The Morgan fingerprint density at radius 1 is 1.42 bits per heavy atom. The van der Waals surface area contributed by atoms with Crippen LogP contribution in [-0.2, 0) is 16.4 Å². The normalized spacial score (nSPS) is 13.3. The Hall–Kier alpha value is -1.86. The number of H-pyrrole nitrogens is 1. The van der Waals surface area contributed by atoms with E-state index >= 15 is 0 Å². The molecule has 2 N–H and O–H groups in total. The van der Waals surface area contributed by atoms with Crippen LogP contribution in [0.3, 0.4) is 0 Å². The highest BCUT2D eigenvalue weighted by Crippen LogP contribution is 2.07. The Bertz CT molecular complexity index is 689. The number of aromatic nitrogens is 1. The maximum absolute atomic E-state index is 12.0. The van der Waals surface area contributed by atoms with E-state index in [4.69, 9.17) is 4.42 Å². The van der Waals surface area contributed by atoms with Gasteiger partial charge in [-0.15, -0.1) is 0 Å². The number of sulfonamides is 1. The van der Waals surface area contributed by atoms with Crippen LogP contribution in [0.15, 0.2) is 51.0 Å². The number of furan rings is 1. The summed E-state index contributed by atoms with van der Waals surface area (Å²) in [4.78, 5) is 13.8. The fraction of sp³-hybridized carbons (Fsp3) is 0.250. The second-order valence-electron chi connectivity index (χ2n) is 4.18. The monoisotopic (exact) mass is 282 g/mol. The third-order valence-electron chi connectivity index (χ3n) is 2.52. The van der Waals surface area contributed by atoms with Gasteiger partial charge in [-0.2, -0.15) is 0 Å². The van der Waals surface area contributed by atoms with Gasteiger partial charge < -0.3 is 9.40 Å². The van der Waals surface area contributed by atoms with Crippen molar-refractivity contribution >= 4 is 10.0 Å². The van der Waals surface area contributed by atoms with Gasteiger partial charge in [0.15, 0.2) is 0 Å². The van der Waals surface area contributed by atoms with Crippen LogP contribution < -0.4 is 10.2 Å². The summed E-state index contributed by atoms with van der Waals surface area (Å²) in [5.74, 6) is 0.678. The van der Waals surface area contributed by atoms with Crippen LogP contribution in [0.5, 0.6) is 0 Å². The zero-order valence-electron chi connectivity index (χ0n) is 10.3. The second-order valence-corrected chi connectivity index (χ2v) is 5.86. The number of nitrogens with one attached hydrogen (secondary N) is 2. The highest BCUT2D eigenvalue weighted by atomic mass is 32.2. The molecule has 6 nitrogen and oxygen atoms in total. The molecule has 0 aliphatic rings. The summed E-state index contributed by atoms with van der Waals surface area (Å²) in [5, 5.41) is 0. The molecule has 0 spiro atoms. The predicted octanol–water partition coefficient (Wildman–Crippen LogP) is 0.877. The first-order chi connectivity index (χ1) is 8.99. The predicted molar refractivity (Wildman–Crippen MR) is 69.3 cm³/mol. The molecule has 0 fully saturated rings. The first kappa shape index (κ1) is 13.6. The summed E-state index contributed by atoms with van der Waals surface area (Å²) in [5.41, 5.74) is -0.545. The van der Waals surface area contributed by atoms with Gasteiger partial charge in [0.05, 0.1) is 6.26 Å². The molecular formula is C12H14N2O4S. The van der Waals surface area contributed by atoms with Crippen molar-refractivity contribution in [2.45, 2.75) is 24.3 Å². The van der Waals surface area contributed by atoms with Crippen LogP contribution in [0, 0.1) is 0 Å². The zero-order chi connectivity index (χ0) is 13.9. The minimum Gasteiger partial charge on any atom is -0.469 e. The molecule has 2 aromatic heterocycles. The van der Waals surface area contributed by atoms with Gasteiger partial charge in [-0.1, -0.05) is 0 Å². The maximum Gasteiger partial charge on any atom is 0.246 e. The van der Waals surface area contributed by atoms with E-state index in [0.717, 1.165) is 0 Å². The van der Waals surface area contributed by atoms with E-state index < -0.39 is 15.5 Å². The van der Waals surface area contributed by atoms with Crippen molar-refractivity contribution in [1.29, 1.82) is 0 Å². The Balaban J connectivity index is 2.14. The van der Waals surface area contributed by atoms with E-state index in [0.29, 0.717) is 12.2 Å². The average Bonchev–Trinajstić information content (AvgIpc) is 2.81. The SMILES string of the molecule is CC(Cc1ccco1)NS(=O)(=O)c1c[nH]ccc1=O. The van der Waals surface area contributed by atoms with Crippen molar-refractivity contribution in [3.63, 3.8) is 0 Å². The third-order valence-corrected chi connectivity index (χ3v) is 4.13. The van der Waals surface area contributed by atoms with Gasteiger partial charge in [0.25, 0.3) is 0 Å². The zero-order valence-corrected chi connectivity index (χ0v) is 11.1. The molecule has 19 heavy (non-hydrogen) atoms. The van der Waals surface area contributed by atoms with E-state index in [1.54, 1.807) is 19.1 Å². The molecule has 1 atom stereocenters. The summed E-state index contributed by atoms with van der Waals surface area (Å²) < 4.78 is 31.6. The molecule has 2 heterocycles. The summed E-state index contributed by atoms with van der Waals surface area (Å²) in [7, 11) is -3.83. The number of hydrogen-bond acceptors (Lipinski definition) is 4. The molecule has 0 bridgehead atoms. The van der Waals surface area contributed by atoms with Crippen LogP contribution in [0.2, 0.25) is 0 Å². The number of rotatable bonds is 5. The van der Waals surface area contributed by atoms with Crippen LogP contribution in [0.25, 0.3) is 0 Å². The lowest BCUT2D eigenvalue weighted by atomic mass is 10.2. The van der Waals surface area contributed by atoms with Gasteiger partial charge >= 0.3 is 0 Å². The fourth-order valence-corrected chi connectivity index (χ4v) is 3.01. The van der Waals surface area contributed by atoms with Crippen LogP contribution in [-0.4, -0.2) is 19.4 Å². The van der Waals surface area contributed by atoms with E-state index in [1.807, 2.05) is 0 Å². The summed E-state index contributed by atoms with van der Waals surface area (Å²) in [6, 6.07) is 4.29. The number of pyridine rings is 1. The number of hydrogen-bond donors (Lipinski definition) is 2. The third kappa shape index (κ3) is 3.33. The highest BCUT2D eigenvalue weighted by Gasteiger charge is 2.20. The van der Waals surface area contributed by atoms with Crippen molar-refractivity contribution in [2.75, 3.05) is 0 Å². The van der Waals surface area contributed by atoms with Gasteiger partial charge in [0.1, 0.15) is 10.7 Å². The van der Waals surface area contributed by atoms with E-state index in [1.165, 1.54) is 24.7 Å². The first-order valence-corrected chi connectivity index (χ1v) is 7.19. The molecule has 7 heteroatoms. The minimum atomic E-state index is -3.83. The van der Waals surface area contributed by atoms with Crippen molar-refractivity contribution < 1.29 is 12.8 Å². The molecule has 0 saturated carbocycles. The Labute approximate surface area is 110 Å². The topological polar surface area (TPSA) is 92.2 Å². The molecule has 0 amide bonds. The van der Waals surface area contributed by atoms with E-state index in [2.05, 4.69) is 9.71 Å². The standard InChI is InChI=1S/C12H14N2O4S/c1-9(7-10-3-2-6-18-10)14-19(16,17)12-8-13-5-4-11(12)15/h2-6,8-9,14H,7H2,1H3,(H,13,15). The molecule has 0 aliphatic carbocycles. The van der Waals surface area contributed by atoms with Crippen LogP contribution in [0.4, 0.5) is 0 Å². The van der Waals surface area contributed by atoms with Crippen LogP contribution >= 0.6 is 0 Å². The van der Waals surface area contributed by atoms with Gasteiger partial charge in [-0.05, 0) is 19.1 Å². The van der Waals surface area contributed by atoms with Crippen molar-refractivity contribution in [1.82, 2.24) is 9.71 Å². The van der Waals surface area contributed by atoms with Gasteiger partial charge in [0, 0.05) is 30.9 Å². The molecule has 2 aromatic rings. The largest absolute Gasteiger partial charge is 0.469 e. The molecule has 0 aliphatic heterocycles. The Morgan fingerprint density at radius 3 is 2.84 bits per heavy atom. The summed E-state index contributed by atoms with van der Waals surface area (Å²) in [6.45, 7) is 1.71. The van der Waals surface area contributed by atoms with Crippen molar-refractivity contribution in [3.8, 4) is 0 Å². The second kappa shape index (κ2) is 5.41. The summed E-state index contributed by atoms with van der Waals surface area (Å²) >= 11 is 0. The minimum absolute atomic E-state index is 0.290. The lowest BCUT2D eigenvalue weighted by Gasteiger charge is -2.12. The molecular weight excluding hydrogens is 268 g/mol. The fourth-order valence-electron chi connectivity index (χ4n) is 1.71. The highest BCUT2D eigenvalue weighted by molar-refractivity contribution is 7.89. The smallest absolute Gasteiger partial charge is 0.246 e. The lowest BCUT2D eigenvalue weighted by molar-refractivity contribution is 0.479. The molecule has 2 rings (SSSR count).